The number of amides is 1. The first kappa shape index (κ1) is 23.9. The molecule has 0 radical (unpaired) electrons. The maximum Gasteiger partial charge on any atom is 0.257 e. The number of anilines is 4. The molecule has 7 nitrogen and oxygen atoms in total. The predicted octanol–water partition coefficient (Wildman–Crippen LogP) is 5.76. The van der Waals surface area contributed by atoms with Crippen LogP contribution < -0.4 is 16.4 Å². The van der Waals surface area contributed by atoms with Crippen molar-refractivity contribution in [2.24, 2.45) is 0 Å². The van der Waals surface area contributed by atoms with E-state index in [9.17, 15) is 26.7 Å². The third-order valence-electron chi connectivity index (χ3n) is 5.79. The lowest BCUT2D eigenvalue weighted by Crippen LogP contribution is -2.14. The Balaban J connectivity index is 1.59. The molecule has 0 bridgehead atoms. The second-order valence-corrected chi connectivity index (χ2v) is 8.00. The molecule has 0 aliphatic carbocycles. The van der Waals surface area contributed by atoms with E-state index < -0.39 is 40.7 Å². The number of carbonyl (C=O) groups is 1. The van der Waals surface area contributed by atoms with Gasteiger partial charge in [0.15, 0.2) is 23.3 Å². The van der Waals surface area contributed by atoms with Gasteiger partial charge in [-0.15, -0.1) is 0 Å². The fourth-order valence-electron chi connectivity index (χ4n) is 3.93. The van der Waals surface area contributed by atoms with E-state index in [1.54, 1.807) is 31.2 Å². The van der Waals surface area contributed by atoms with E-state index in [1.165, 1.54) is 24.7 Å². The number of halogens is 5. The zero-order chi connectivity index (χ0) is 26.4. The molecule has 0 aliphatic heterocycles. The average molecular weight is 510 g/mol. The summed E-state index contributed by atoms with van der Waals surface area (Å²) >= 11 is 0. The molecule has 2 heterocycles. The normalized spacial score (nSPS) is 11.2. The zero-order valence-corrected chi connectivity index (χ0v) is 18.8. The molecular weight excluding hydrogens is 495 g/mol. The van der Waals surface area contributed by atoms with Crippen LogP contribution >= 0.6 is 0 Å². The van der Waals surface area contributed by atoms with Gasteiger partial charge in [0.05, 0.1) is 16.8 Å². The lowest BCUT2D eigenvalue weighted by atomic mass is 10.0. The van der Waals surface area contributed by atoms with E-state index in [4.69, 9.17) is 5.73 Å². The monoisotopic (exact) mass is 510 g/mol. The van der Waals surface area contributed by atoms with Crippen LogP contribution in [-0.2, 0) is 0 Å². The molecule has 0 aliphatic rings. The zero-order valence-electron chi connectivity index (χ0n) is 18.8. The summed E-state index contributed by atoms with van der Waals surface area (Å²) in [6.07, 6.45) is 2.50. The number of hydrogen-bond donors (Lipinski definition) is 3. The van der Waals surface area contributed by atoms with E-state index in [2.05, 4.69) is 25.6 Å². The maximum atomic E-state index is 14.3. The highest BCUT2D eigenvalue weighted by Gasteiger charge is 2.26. The Morgan fingerprint density at radius 1 is 0.784 bits per heavy atom. The van der Waals surface area contributed by atoms with Crippen molar-refractivity contribution in [2.75, 3.05) is 16.4 Å². The van der Waals surface area contributed by atoms with Gasteiger partial charge in [-0.05, 0) is 30.7 Å². The number of carbonyl (C=O) groups excluding carboxylic acids is 1. The largest absolute Gasteiger partial charge is 0.383 e. The molecule has 2 aromatic heterocycles. The highest BCUT2D eigenvalue weighted by Crippen LogP contribution is 2.35. The molecule has 12 heteroatoms. The number of fused-ring (bicyclic) bond motifs is 2. The van der Waals surface area contributed by atoms with Crippen LogP contribution in [0, 0.1) is 36.0 Å². The number of nitrogens with one attached hydrogen (secondary N) is 2. The second kappa shape index (κ2) is 8.97. The van der Waals surface area contributed by atoms with Crippen molar-refractivity contribution in [3.63, 3.8) is 0 Å². The number of aryl methyl sites for hydroxylation is 1. The standard InChI is InChI=1S/C25H15F5N6O/c1-10-5-6-12-11(7-8-32-24(12)35-22-18(29)16(27)15(26)17(28)19(22)30)20(10)36-25(37)14-4-2-3-13-21(14)33-9-34-23(13)31/h2-9H,1H3,(H,32,35)(H,36,37)(H2,31,33,34). The Kier molecular flexibility index (Phi) is 5.78. The Hall–Kier alpha value is -4.87. The average Bonchev–Trinajstić information content (AvgIpc) is 2.90. The first-order valence-electron chi connectivity index (χ1n) is 10.7. The summed E-state index contributed by atoms with van der Waals surface area (Å²) in [5, 5.41) is 6.14. The Bertz CT molecular complexity index is 1710. The van der Waals surface area contributed by atoms with Crippen LogP contribution in [0.4, 0.5) is 45.0 Å². The minimum absolute atomic E-state index is 0.193. The molecular formula is C25H15F5N6O. The summed E-state index contributed by atoms with van der Waals surface area (Å²) in [5.74, 6) is -11.0. The molecule has 0 spiro atoms. The van der Waals surface area contributed by atoms with Crippen molar-refractivity contribution in [1.29, 1.82) is 0 Å². The van der Waals surface area contributed by atoms with E-state index in [0.717, 1.165) is 0 Å². The fourth-order valence-corrected chi connectivity index (χ4v) is 3.93. The van der Waals surface area contributed by atoms with Crippen molar-refractivity contribution in [2.45, 2.75) is 6.92 Å². The van der Waals surface area contributed by atoms with Gasteiger partial charge in [0.2, 0.25) is 5.82 Å². The Labute approximate surface area is 205 Å². The summed E-state index contributed by atoms with van der Waals surface area (Å²) < 4.78 is 69.3. The molecule has 37 heavy (non-hydrogen) atoms. The highest BCUT2D eigenvalue weighted by molar-refractivity contribution is 6.16. The number of rotatable bonds is 4. The summed E-state index contributed by atoms with van der Waals surface area (Å²) in [6.45, 7) is 1.72. The van der Waals surface area contributed by atoms with Gasteiger partial charge in [0.25, 0.3) is 5.91 Å². The summed E-state index contributed by atoms with van der Waals surface area (Å²) in [4.78, 5) is 25.3. The van der Waals surface area contributed by atoms with Crippen LogP contribution in [0.1, 0.15) is 15.9 Å². The lowest BCUT2D eigenvalue weighted by Gasteiger charge is -2.16. The predicted molar refractivity (Wildman–Crippen MR) is 128 cm³/mol. The van der Waals surface area contributed by atoms with Crippen molar-refractivity contribution in [3.05, 3.63) is 89.1 Å². The van der Waals surface area contributed by atoms with Gasteiger partial charge >= 0.3 is 0 Å². The van der Waals surface area contributed by atoms with E-state index in [-0.39, 0.29) is 22.6 Å². The van der Waals surface area contributed by atoms with Crippen molar-refractivity contribution >= 4 is 50.6 Å². The SMILES string of the molecule is Cc1ccc2c(Nc3c(F)c(F)c(F)c(F)c3F)nccc2c1NC(=O)c1cccc2c(N)ncnc12. The molecule has 0 unspecified atom stereocenters. The number of hydrogen-bond acceptors (Lipinski definition) is 6. The Morgan fingerprint density at radius 2 is 1.49 bits per heavy atom. The minimum atomic E-state index is -2.27. The number of nitrogens with zero attached hydrogens (tertiary/aromatic N) is 3. The van der Waals surface area contributed by atoms with Crippen LogP contribution in [0.2, 0.25) is 0 Å². The van der Waals surface area contributed by atoms with Gasteiger partial charge in [0.1, 0.15) is 23.7 Å². The Morgan fingerprint density at radius 3 is 2.22 bits per heavy atom. The van der Waals surface area contributed by atoms with Crippen LogP contribution in [0.15, 0.2) is 48.9 Å². The molecule has 1 amide bonds. The third-order valence-corrected chi connectivity index (χ3v) is 5.79. The van der Waals surface area contributed by atoms with Crippen LogP contribution in [-0.4, -0.2) is 20.9 Å². The number of nitrogen functional groups attached to an aromatic ring is 1. The van der Waals surface area contributed by atoms with Gasteiger partial charge in [-0.3, -0.25) is 4.79 Å². The second-order valence-electron chi connectivity index (χ2n) is 8.00. The molecule has 0 atom stereocenters. The summed E-state index contributed by atoms with van der Waals surface area (Å²) in [7, 11) is 0. The first-order valence-corrected chi connectivity index (χ1v) is 10.7. The lowest BCUT2D eigenvalue weighted by molar-refractivity contribution is 0.102. The van der Waals surface area contributed by atoms with Crippen molar-refractivity contribution in [1.82, 2.24) is 15.0 Å². The van der Waals surface area contributed by atoms with Gasteiger partial charge in [-0.1, -0.05) is 18.2 Å². The van der Waals surface area contributed by atoms with Crippen LogP contribution in [0.25, 0.3) is 21.7 Å². The van der Waals surface area contributed by atoms with Gasteiger partial charge < -0.3 is 16.4 Å². The maximum absolute atomic E-state index is 14.3. The summed E-state index contributed by atoms with van der Waals surface area (Å²) in [6, 6.07) is 9.53. The quantitative estimate of drug-likeness (QED) is 0.161. The topological polar surface area (TPSA) is 106 Å². The van der Waals surface area contributed by atoms with Crippen LogP contribution in [0.5, 0.6) is 0 Å². The van der Waals surface area contributed by atoms with Crippen molar-refractivity contribution < 1.29 is 26.7 Å². The first-order chi connectivity index (χ1) is 17.7. The smallest absolute Gasteiger partial charge is 0.257 e. The van der Waals surface area contributed by atoms with Gasteiger partial charge in [-0.2, -0.15) is 0 Å². The molecule has 0 fully saturated rings. The van der Waals surface area contributed by atoms with Crippen molar-refractivity contribution in [3.8, 4) is 0 Å². The number of aromatic nitrogens is 3. The fraction of sp³-hybridized carbons (Fsp3) is 0.0400. The number of pyridine rings is 1. The van der Waals surface area contributed by atoms with Gasteiger partial charge in [-0.25, -0.2) is 36.9 Å². The molecule has 0 saturated carbocycles. The van der Waals surface area contributed by atoms with E-state index in [1.807, 2.05) is 0 Å². The third kappa shape index (κ3) is 3.92. The molecule has 5 rings (SSSR count). The molecule has 0 saturated heterocycles. The highest BCUT2D eigenvalue weighted by atomic mass is 19.2. The number of para-hydroxylation sites is 1. The van der Waals surface area contributed by atoms with Gasteiger partial charge in [0, 0.05) is 22.4 Å². The number of nitrogens with two attached hydrogens (primary N) is 1. The molecule has 4 N–H and O–H groups in total. The molecule has 186 valence electrons. The van der Waals surface area contributed by atoms with Crippen LogP contribution in [0.3, 0.4) is 0 Å². The summed E-state index contributed by atoms with van der Waals surface area (Å²) in [5.41, 5.74) is 6.15. The number of benzene rings is 3. The van der Waals surface area contributed by atoms with E-state index >= 15 is 0 Å². The minimum Gasteiger partial charge on any atom is -0.383 e. The molecule has 3 aromatic carbocycles. The van der Waals surface area contributed by atoms with E-state index in [0.29, 0.717) is 27.5 Å². The molecule has 5 aromatic rings.